The summed E-state index contributed by atoms with van der Waals surface area (Å²) < 4.78 is 0. The van der Waals surface area contributed by atoms with Crippen molar-refractivity contribution in [2.45, 2.75) is 38.6 Å². The highest BCUT2D eigenvalue weighted by atomic mass is 14.9. The van der Waals surface area contributed by atoms with E-state index in [4.69, 9.17) is 5.73 Å². The second kappa shape index (κ2) is 8.02. The van der Waals surface area contributed by atoms with Crippen molar-refractivity contribution in [3.63, 3.8) is 0 Å². The Bertz CT molecular complexity index is 74.0. The van der Waals surface area contributed by atoms with Gasteiger partial charge in [-0.1, -0.05) is 26.7 Å². The number of nitrogens with one attached hydrogen (secondary N) is 1. The molecule has 67 valence electrons. The number of hydrogen-bond acceptors (Lipinski definition) is 2. The first-order chi connectivity index (χ1) is 5.31. The first-order valence-electron chi connectivity index (χ1n) is 4.56. The Kier molecular flexibility index (Phi) is 7.96. The lowest BCUT2D eigenvalue weighted by Crippen LogP contribution is -2.34. The summed E-state index contributed by atoms with van der Waals surface area (Å²) in [7, 11) is 0. The quantitative estimate of drug-likeness (QED) is 0.547. The fourth-order valence-corrected chi connectivity index (χ4v) is 0.981. The standard InChI is InChI=1S/C9H21N2/c1-3-5-6-9(10)8-11-7-4-2/h9,11H,2-8,10H2,1H3. The molecule has 0 spiro atoms. The van der Waals surface area contributed by atoms with E-state index in [2.05, 4.69) is 19.2 Å². The highest BCUT2D eigenvalue weighted by Crippen LogP contribution is 1.96. The Hall–Kier alpha value is -0.0800. The van der Waals surface area contributed by atoms with Crippen LogP contribution in [0.4, 0.5) is 0 Å². The Labute approximate surface area is 70.5 Å². The number of nitrogens with two attached hydrogens (primary N) is 1. The first kappa shape index (κ1) is 10.9. The monoisotopic (exact) mass is 157 g/mol. The van der Waals surface area contributed by atoms with Crippen molar-refractivity contribution in [2.24, 2.45) is 5.73 Å². The lowest BCUT2D eigenvalue weighted by molar-refractivity contribution is 0.527. The summed E-state index contributed by atoms with van der Waals surface area (Å²) in [4.78, 5) is 0. The van der Waals surface area contributed by atoms with Crippen LogP contribution in [-0.4, -0.2) is 19.1 Å². The minimum Gasteiger partial charge on any atom is -0.327 e. The van der Waals surface area contributed by atoms with Crippen LogP contribution >= 0.6 is 0 Å². The third kappa shape index (κ3) is 7.82. The van der Waals surface area contributed by atoms with Crippen molar-refractivity contribution in [3.05, 3.63) is 6.92 Å². The molecule has 0 aliphatic heterocycles. The van der Waals surface area contributed by atoms with Gasteiger partial charge < -0.3 is 11.1 Å². The molecule has 0 amide bonds. The highest BCUT2D eigenvalue weighted by molar-refractivity contribution is 4.64. The smallest absolute Gasteiger partial charge is 0.0165 e. The molecule has 0 heterocycles. The van der Waals surface area contributed by atoms with Crippen LogP contribution in [0.25, 0.3) is 0 Å². The van der Waals surface area contributed by atoms with Crippen LogP contribution < -0.4 is 11.1 Å². The minimum atomic E-state index is 0.335. The number of rotatable bonds is 7. The predicted octanol–water partition coefficient (Wildman–Crippen LogP) is 1.32. The second-order valence-corrected chi connectivity index (χ2v) is 2.96. The van der Waals surface area contributed by atoms with Gasteiger partial charge in [0.05, 0.1) is 0 Å². The molecule has 1 atom stereocenters. The van der Waals surface area contributed by atoms with Crippen molar-refractivity contribution in [1.29, 1.82) is 0 Å². The van der Waals surface area contributed by atoms with Gasteiger partial charge in [0.25, 0.3) is 0 Å². The zero-order valence-electron chi connectivity index (χ0n) is 7.60. The lowest BCUT2D eigenvalue weighted by atomic mass is 10.1. The van der Waals surface area contributed by atoms with E-state index in [1.807, 2.05) is 0 Å². The van der Waals surface area contributed by atoms with Crippen molar-refractivity contribution in [1.82, 2.24) is 5.32 Å². The molecule has 2 heteroatoms. The first-order valence-corrected chi connectivity index (χ1v) is 4.56. The molecule has 1 radical (unpaired) electrons. The van der Waals surface area contributed by atoms with E-state index >= 15 is 0 Å². The van der Waals surface area contributed by atoms with E-state index < -0.39 is 0 Å². The zero-order chi connectivity index (χ0) is 8.53. The third-order valence-corrected chi connectivity index (χ3v) is 1.69. The zero-order valence-corrected chi connectivity index (χ0v) is 7.60. The van der Waals surface area contributed by atoms with Gasteiger partial charge in [-0.05, 0) is 19.4 Å². The van der Waals surface area contributed by atoms with E-state index in [1.54, 1.807) is 0 Å². The fourth-order valence-electron chi connectivity index (χ4n) is 0.981. The van der Waals surface area contributed by atoms with Crippen LogP contribution in [0.1, 0.15) is 32.6 Å². The SMILES string of the molecule is [CH2]CCNCC(N)CCCC. The Morgan fingerprint density at radius 1 is 1.55 bits per heavy atom. The molecule has 0 aromatic rings. The third-order valence-electron chi connectivity index (χ3n) is 1.69. The van der Waals surface area contributed by atoms with E-state index in [0.717, 1.165) is 25.9 Å². The molecule has 0 aliphatic rings. The van der Waals surface area contributed by atoms with Crippen molar-refractivity contribution in [3.8, 4) is 0 Å². The summed E-state index contributed by atoms with van der Waals surface area (Å²) in [6.07, 6.45) is 4.57. The summed E-state index contributed by atoms with van der Waals surface area (Å²) in [6, 6.07) is 0.335. The molecule has 1 unspecified atom stereocenters. The average molecular weight is 157 g/mol. The number of hydrogen-bond donors (Lipinski definition) is 2. The van der Waals surface area contributed by atoms with Gasteiger partial charge in [-0.2, -0.15) is 0 Å². The molecular formula is C9H21N2. The largest absolute Gasteiger partial charge is 0.327 e. The molecule has 0 saturated heterocycles. The van der Waals surface area contributed by atoms with Gasteiger partial charge in [-0.3, -0.25) is 0 Å². The van der Waals surface area contributed by atoms with Crippen LogP contribution in [-0.2, 0) is 0 Å². The minimum absolute atomic E-state index is 0.335. The molecule has 0 aliphatic carbocycles. The Balaban J connectivity index is 3.02. The van der Waals surface area contributed by atoms with Gasteiger partial charge in [-0.15, -0.1) is 0 Å². The summed E-state index contributed by atoms with van der Waals surface area (Å²) in [5.41, 5.74) is 5.82. The Morgan fingerprint density at radius 2 is 2.27 bits per heavy atom. The molecular weight excluding hydrogens is 136 g/mol. The molecule has 0 bridgehead atoms. The summed E-state index contributed by atoms with van der Waals surface area (Å²) in [5, 5.41) is 3.26. The average Bonchev–Trinajstić information content (AvgIpc) is 2.01. The molecule has 11 heavy (non-hydrogen) atoms. The van der Waals surface area contributed by atoms with E-state index in [1.165, 1.54) is 12.8 Å². The van der Waals surface area contributed by atoms with Gasteiger partial charge >= 0.3 is 0 Å². The molecule has 0 fully saturated rings. The second-order valence-electron chi connectivity index (χ2n) is 2.96. The Morgan fingerprint density at radius 3 is 2.82 bits per heavy atom. The van der Waals surface area contributed by atoms with Gasteiger partial charge in [-0.25, -0.2) is 0 Å². The van der Waals surface area contributed by atoms with Gasteiger partial charge in [0.2, 0.25) is 0 Å². The topological polar surface area (TPSA) is 38.0 Å². The van der Waals surface area contributed by atoms with E-state index in [9.17, 15) is 0 Å². The maximum atomic E-state index is 5.82. The van der Waals surface area contributed by atoms with Gasteiger partial charge in [0.15, 0.2) is 0 Å². The molecule has 0 rings (SSSR count). The van der Waals surface area contributed by atoms with E-state index in [-0.39, 0.29) is 0 Å². The van der Waals surface area contributed by atoms with Crippen LogP contribution in [0, 0.1) is 6.92 Å². The van der Waals surface area contributed by atoms with Crippen molar-refractivity contribution < 1.29 is 0 Å². The van der Waals surface area contributed by atoms with Crippen molar-refractivity contribution in [2.75, 3.05) is 13.1 Å². The normalized spacial score (nSPS) is 13.4. The molecule has 0 aromatic carbocycles. The molecule has 0 aromatic heterocycles. The maximum Gasteiger partial charge on any atom is 0.0165 e. The highest BCUT2D eigenvalue weighted by Gasteiger charge is 1.99. The lowest BCUT2D eigenvalue weighted by Gasteiger charge is -2.10. The van der Waals surface area contributed by atoms with Gasteiger partial charge in [0.1, 0.15) is 0 Å². The van der Waals surface area contributed by atoms with Crippen molar-refractivity contribution >= 4 is 0 Å². The summed E-state index contributed by atoms with van der Waals surface area (Å²) in [6.45, 7) is 7.86. The molecule has 3 N–H and O–H groups in total. The summed E-state index contributed by atoms with van der Waals surface area (Å²) in [5.74, 6) is 0. The molecule has 2 nitrogen and oxygen atoms in total. The van der Waals surface area contributed by atoms with Gasteiger partial charge in [0, 0.05) is 12.6 Å². The predicted molar refractivity (Wildman–Crippen MR) is 50.3 cm³/mol. The molecule has 0 saturated carbocycles. The summed E-state index contributed by atoms with van der Waals surface area (Å²) >= 11 is 0. The van der Waals surface area contributed by atoms with Crippen LogP contribution in [0.5, 0.6) is 0 Å². The van der Waals surface area contributed by atoms with E-state index in [0.29, 0.717) is 6.04 Å². The fraction of sp³-hybridized carbons (Fsp3) is 0.889. The van der Waals surface area contributed by atoms with Crippen LogP contribution in [0.2, 0.25) is 0 Å². The van der Waals surface area contributed by atoms with Crippen LogP contribution in [0.15, 0.2) is 0 Å². The number of unbranched alkanes of at least 4 members (excludes halogenated alkanes) is 1. The van der Waals surface area contributed by atoms with Crippen LogP contribution in [0.3, 0.4) is 0 Å². The maximum absolute atomic E-state index is 5.82.